The number of aliphatic imine (C=N–C) groups is 1. The van der Waals surface area contributed by atoms with E-state index < -0.39 is 5.97 Å². The van der Waals surface area contributed by atoms with Gasteiger partial charge in [0.15, 0.2) is 11.5 Å². The van der Waals surface area contributed by atoms with Gasteiger partial charge in [0.2, 0.25) is 0 Å². The van der Waals surface area contributed by atoms with Crippen LogP contribution in [0.25, 0.3) is 0 Å². The zero-order chi connectivity index (χ0) is 11.0. The smallest absolute Gasteiger partial charge is 0.354 e. The summed E-state index contributed by atoms with van der Waals surface area (Å²) in [6, 6.07) is 0. The molecule has 2 rings (SSSR count). The maximum Gasteiger partial charge on any atom is 0.354 e. The summed E-state index contributed by atoms with van der Waals surface area (Å²) in [7, 11) is 0. The second-order valence-corrected chi connectivity index (χ2v) is 3.28. The topological polar surface area (TPSA) is 66.7 Å². The second kappa shape index (κ2) is 3.31. The van der Waals surface area contributed by atoms with Crippen molar-refractivity contribution in [2.24, 2.45) is 4.99 Å². The van der Waals surface area contributed by atoms with E-state index in [1.54, 1.807) is 6.08 Å². The van der Waals surface area contributed by atoms with E-state index in [0.717, 1.165) is 0 Å². The summed E-state index contributed by atoms with van der Waals surface area (Å²) in [5.74, 6) is -1.17. The number of rotatable bonds is 2. The Hall–Kier alpha value is -1.97. The number of carbonyl (C=O) groups excluding carboxylic acids is 1. The van der Waals surface area contributed by atoms with Gasteiger partial charge in [0.1, 0.15) is 0 Å². The number of nitrogens with zero attached hydrogens (tertiary/aromatic N) is 1. The summed E-state index contributed by atoms with van der Waals surface area (Å²) < 4.78 is 0. The van der Waals surface area contributed by atoms with Crippen LogP contribution in [0, 0.1) is 0 Å². The van der Waals surface area contributed by atoms with E-state index >= 15 is 0 Å². The normalized spacial score (nSPS) is 18.9. The van der Waals surface area contributed by atoms with Crippen LogP contribution >= 0.6 is 0 Å². The van der Waals surface area contributed by atoms with Crippen molar-refractivity contribution in [2.45, 2.75) is 13.3 Å². The highest BCUT2D eigenvalue weighted by Crippen LogP contribution is 2.30. The fourth-order valence-electron chi connectivity index (χ4n) is 1.70. The molecule has 76 valence electrons. The molecule has 15 heavy (non-hydrogen) atoms. The number of allylic oxidation sites excluding steroid dienone is 5. The molecule has 0 fully saturated rings. The third-order valence-corrected chi connectivity index (χ3v) is 2.37. The highest BCUT2D eigenvalue weighted by molar-refractivity contribution is 6.25. The van der Waals surface area contributed by atoms with Crippen molar-refractivity contribution < 1.29 is 14.7 Å². The Balaban J connectivity index is 2.55. The van der Waals surface area contributed by atoms with Crippen molar-refractivity contribution in [3.05, 3.63) is 35.1 Å². The van der Waals surface area contributed by atoms with Crippen LogP contribution in [0.2, 0.25) is 0 Å². The van der Waals surface area contributed by atoms with Crippen LogP contribution < -0.4 is 0 Å². The number of fused-ring (bicyclic) bond motifs is 1. The molecule has 0 amide bonds. The van der Waals surface area contributed by atoms with E-state index in [0.29, 0.717) is 23.3 Å². The van der Waals surface area contributed by atoms with Crippen molar-refractivity contribution in [1.29, 1.82) is 0 Å². The zero-order valence-electron chi connectivity index (χ0n) is 8.15. The van der Waals surface area contributed by atoms with Crippen molar-refractivity contribution in [3.63, 3.8) is 0 Å². The average Bonchev–Trinajstić information content (AvgIpc) is 2.55. The van der Waals surface area contributed by atoms with Crippen LogP contribution in [0.3, 0.4) is 0 Å². The van der Waals surface area contributed by atoms with Gasteiger partial charge in [-0.15, -0.1) is 0 Å². The van der Waals surface area contributed by atoms with Crippen LogP contribution in [0.15, 0.2) is 40.1 Å². The fraction of sp³-hybridized carbons (Fsp3) is 0.182. The largest absolute Gasteiger partial charge is 0.477 e. The first-order valence-electron chi connectivity index (χ1n) is 4.63. The van der Waals surface area contributed by atoms with Gasteiger partial charge in [0, 0.05) is 5.57 Å². The maximum absolute atomic E-state index is 11.2. The van der Waals surface area contributed by atoms with Crippen LogP contribution in [0.5, 0.6) is 0 Å². The standard InChI is InChI=1S/C11H9NO3/c1-2-7-8-5-6(13)3-4-9(8)12-10(7)11(14)15/h3-5H,2H2,1H3,(H,14,15). The molecule has 2 aliphatic rings. The van der Waals surface area contributed by atoms with Crippen LogP contribution in [0.4, 0.5) is 0 Å². The highest BCUT2D eigenvalue weighted by atomic mass is 16.4. The molecule has 1 heterocycles. The minimum atomic E-state index is -1.05. The lowest BCUT2D eigenvalue weighted by molar-refractivity contribution is -0.132. The lowest BCUT2D eigenvalue weighted by atomic mass is 9.95. The molecular weight excluding hydrogens is 194 g/mol. The predicted molar refractivity (Wildman–Crippen MR) is 54.6 cm³/mol. The van der Waals surface area contributed by atoms with Crippen molar-refractivity contribution in [3.8, 4) is 0 Å². The summed E-state index contributed by atoms with van der Waals surface area (Å²) in [5.41, 5.74) is 1.92. The molecule has 0 unspecified atom stereocenters. The van der Waals surface area contributed by atoms with Crippen molar-refractivity contribution >= 4 is 17.5 Å². The van der Waals surface area contributed by atoms with Gasteiger partial charge in [-0.3, -0.25) is 4.79 Å². The van der Waals surface area contributed by atoms with Gasteiger partial charge in [0.25, 0.3) is 0 Å². The monoisotopic (exact) mass is 203 g/mol. The zero-order valence-corrected chi connectivity index (χ0v) is 8.15. The number of carboxylic acid groups (broad SMARTS) is 1. The van der Waals surface area contributed by atoms with E-state index in [1.165, 1.54) is 12.2 Å². The summed E-state index contributed by atoms with van der Waals surface area (Å²) in [4.78, 5) is 26.0. The number of aliphatic carboxylic acids is 1. The van der Waals surface area contributed by atoms with E-state index in [4.69, 9.17) is 5.11 Å². The van der Waals surface area contributed by atoms with Gasteiger partial charge in [-0.2, -0.15) is 0 Å². The molecule has 1 aliphatic carbocycles. The number of ketones is 1. The van der Waals surface area contributed by atoms with Crippen LogP contribution in [0.1, 0.15) is 13.3 Å². The van der Waals surface area contributed by atoms with Crippen LogP contribution in [-0.4, -0.2) is 22.6 Å². The number of hydrogen-bond donors (Lipinski definition) is 1. The Kier molecular flexibility index (Phi) is 2.11. The Bertz CT molecular complexity index is 478. The molecular formula is C11H9NO3. The van der Waals surface area contributed by atoms with Crippen molar-refractivity contribution in [2.75, 3.05) is 0 Å². The van der Waals surface area contributed by atoms with E-state index in [1.807, 2.05) is 6.92 Å². The molecule has 4 nitrogen and oxygen atoms in total. The Morgan fingerprint density at radius 1 is 1.47 bits per heavy atom. The Morgan fingerprint density at radius 3 is 2.80 bits per heavy atom. The number of carbonyl (C=O) groups is 2. The minimum absolute atomic E-state index is 0.0538. The van der Waals surface area contributed by atoms with E-state index in [-0.39, 0.29) is 11.5 Å². The summed E-state index contributed by atoms with van der Waals surface area (Å²) in [6.07, 6.45) is 4.94. The number of carboxylic acids is 1. The molecule has 0 atom stereocenters. The predicted octanol–water partition coefficient (Wildman–Crippen LogP) is 1.26. The van der Waals surface area contributed by atoms with E-state index in [9.17, 15) is 9.59 Å². The third-order valence-electron chi connectivity index (χ3n) is 2.37. The molecule has 0 bridgehead atoms. The molecule has 0 saturated heterocycles. The molecule has 4 heteroatoms. The molecule has 0 aromatic carbocycles. The first-order chi connectivity index (χ1) is 7.13. The third kappa shape index (κ3) is 1.44. The van der Waals surface area contributed by atoms with Gasteiger partial charge in [-0.1, -0.05) is 6.92 Å². The number of hydrogen-bond acceptors (Lipinski definition) is 3. The summed E-state index contributed by atoms with van der Waals surface area (Å²) in [6.45, 7) is 1.85. The second-order valence-electron chi connectivity index (χ2n) is 3.28. The lowest BCUT2D eigenvalue weighted by Crippen LogP contribution is -2.06. The first kappa shape index (κ1) is 9.58. The molecule has 0 saturated carbocycles. The van der Waals surface area contributed by atoms with Gasteiger partial charge >= 0.3 is 5.97 Å². The lowest BCUT2D eigenvalue weighted by Gasteiger charge is -2.06. The average molecular weight is 203 g/mol. The van der Waals surface area contributed by atoms with E-state index in [2.05, 4.69) is 4.99 Å². The van der Waals surface area contributed by atoms with Crippen LogP contribution in [-0.2, 0) is 9.59 Å². The SMILES string of the molecule is CCC1=C(C(=O)O)N=C2C=CC(=O)C=C21. The molecule has 1 N–H and O–H groups in total. The maximum atomic E-state index is 11.2. The molecule has 0 aromatic heterocycles. The van der Waals surface area contributed by atoms with Gasteiger partial charge in [0.05, 0.1) is 5.71 Å². The molecule has 1 aliphatic heterocycles. The Labute approximate surface area is 86.3 Å². The molecule has 0 spiro atoms. The quantitative estimate of drug-likeness (QED) is 0.687. The van der Waals surface area contributed by atoms with Gasteiger partial charge in [-0.25, -0.2) is 9.79 Å². The minimum Gasteiger partial charge on any atom is -0.477 e. The fourth-order valence-corrected chi connectivity index (χ4v) is 1.70. The summed E-state index contributed by atoms with van der Waals surface area (Å²) >= 11 is 0. The van der Waals surface area contributed by atoms with Gasteiger partial charge in [-0.05, 0) is 30.2 Å². The summed E-state index contributed by atoms with van der Waals surface area (Å²) in [5, 5.41) is 8.93. The van der Waals surface area contributed by atoms with Gasteiger partial charge < -0.3 is 5.11 Å². The molecule has 0 radical (unpaired) electrons. The first-order valence-corrected chi connectivity index (χ1v) is 4.63. The highest BCUT2D eigenvalue weighted by Gasteiger charge is 2.27. The molecule has 0 aromatic rings. The van der Waals surface area contributed by atoms with Crippen molar-refractivity contribution in [1.82, 2.24) is 0 Å². The Morgan fingerprint density at radius 2 is 2.20 bits per heavy atom.